The molecule has 46 heavy (non-hydrogen) atoms. The number of benzene rings is 3. The SMILES string of the molecule is COc1ccc(CC(NC(=O)OC(C)(C)C)C(=O)N2C(C=O)Cc3cc4c(cc3C2COCc2ccccc2)OCO4)cc1OC. The third-order valence-electron chi connectivity index (χ3n) is 7.79. The molecule has 2 heterocycles. The number of carbonyl (C=O) groups is 3. The van der Waals surface area contributed by atoms with Gasteiger partial charge in [-0.1, -0.05) is 36.4 Å². The Balaban J connectivity index is 1.51. The molecule has 0 bridgehead atoms. The van der Waals surface area contributed by atoms with E-state index in [1.807, 2.05) is 42.5 Å². The Bertz CT molecular complexity index is 1550. The van der Waals surface area contributed by atoms with Gasteiger partial charge in [0.25, 0.3) is 0 Å². The minimum atomic E-state index is -1.09. The van der Waals surface area contributed by atoms with Gasteiger partial charge in [-0.15, -0.1) is 0 Å². The molecule has 3 atom stereocenters. The highest BCUT2D eigenvalue weighted by Crippen LogP contribution is 2.42. The summed E-state index contributed by atoms with van der Waals surface area (Å²) in [6.45, 7) is 5.70. The molecule has 0 radical (unpaired) electrons. The maximum atomic E-state index is 14.7. The zero-order valence-corrected chi connectivity index (χ0v) is 26.7. The number of aldehydes is 1. The van der Waals surface area contributed by atoms with Gasteiger partial charge in [0.2, 0.25) is 12.7 Å². The average Bonchev–Trinajstić information content (AvgIpc) is 3.49. The van der Waals surface area contributed by atoms with Crippen LogP contribution in [0.5, 0.6) is 23.0 Å². The maximum absolute atomic E-state index is 14.7. The molecule has 11 nitrogen and oxygen atoms in total. The Morgan fingerprint density at radius 2 is 1.70 bits per heavy atom. The van der Waals surface area contributed by atoms with E-state index in [-0.39, 0.29) is 26.2 Å². The van der Waals surface area contributed by atoms with Crippen molar-refractivity contribution in [3.63, 3.8) is 0 Å². The summed E-state index contributed by atoms with van der Waals surface area (Å²) >= 11 is 0. The van der Waals surface area contributed by atoms with Crippen LogP contribution in [0.1, 0.15) is 49.1 Å². The Morgan fingerprint density at radius 1 is 0.978 bits per heavy atom. The van der Waals surface area contributed by atoms with Gasteiger partial charge in [0.1, 0.15) is 17.9 Å². The summed E-state index contributed by atoms with van der Waals surface area (Å²) in [6, 6.07) is 16.1. The van der Waals surface area contributed by atoms with Crippen molar-refractivity contribution in [2.45, 2.75) is 63.9 Å². The summed E-state index contributed by atoms with van der Waals surface area (Å²) in [5.41, 5.74) is 2.51. The predicted molar refractivity (Wildman–Crippen MR) is 168 cm³/mol. The lowest BCUT2D eigenvalue weighted by Crippen LogP contribution is -2.57. The van der Waals surface area contributed by atoms with Crippen molar-refractivity contribution in [2.75, 3.05) is 27.6 Å². The number of hydrogen-bond acceptors (Lipinski definition) is 9. The number of hydrogen-bond donors (Lipinski definition) is 1. The van der Waals surface area contributed by atoms with E-state index < -0.39 is 35.7 Å². The number of rotatable bonds is 11. The first-order chi connectivity index (χ1) is 22.1. The number of ether oxygens (including phenoxy) is 6. The summed E-state index contributed by atoms with van der Waals surface area (Å²) in [4.78, 5) is 41.9. The third kappa shape index (κ3) is 7.54. The molecule has 11 heteroatoms. The van der Waals surface area contributed by atoms with E-state index in [2.05, 4.69) is 5.32 Å². The van der Waals surface area contributed by atoms with E-state index in [0.29, 0.717) is 35.2 Å². The van der Waals surface area contributed by atoms with Crippen LogP contribution < -0.4 is 24.3 Å². The van der Waals surface area contributed by atoms with Crippen LogP contribution in [0, 0.1) is 0 Å². The largest absolute Gasteiger partial charge is 0.493 e. The summed E-state index contributed by atoms with van der Waals surface area (Å²) in [5, 5.41) is 2.77. The first-order valence-electron chi connectivity index (χ1n) is 15.1. The van der Waals surface area contributed by atoms with Crippen molar-refractivity contribution >= 4 is 18.3 Å². The molecule has 5 rings (SSSR count). The van der Waals surface area contributed by atoms with E-state index in [0.717, 1.165) is 23.0 Å². The second kappa shape index (κ2) is 14.1. The topological polar surface area (TPSA) is 122 Å². The van der Waals surface area contributed by atoms with Gasteiger partial charge in [0.05, 0.1) is 39.5 Å². The number of fused-ring (bicyclic) bond motifs is 2. The number of alkyl carbamates (subject to hydrolysis) is 1. The van der Waals surface area contributed by atoms with Crippen molar-refractivity contribution < 1.29 is 42.8 Å². The van der Waals surface area contributed by atoms with Crippen LogP contribution in [0.2, 0.25) is 0 Å². The molecule has 2 amide bonds. The van der Waals surface area contributed by atoms with Crippen LogP contribution in [0.25, 0.3) is 0 Å². The van der Waals surface area contributed by atoms with Crippen molar-refractivity contribution in [3.8, 4) is 23.0 Å². The van der Waals surface area contributed by atoms with E-state index in [9.17, 15) is 14.4 Å². The van der Waals surface area contributed by atoms with Crippen molar-refractivity contribution in [1.29, 1.82) is 0 Å². The van der Waals surface area contributed by atoms with E-state index >= 15 is 0 Å². The van der Waals surface area contributed by atoms with Crippen LogP contribution in [0.3, 0.4) is 0 Å². The first kappa shape index (κ1) is 32.6. The normalized spacial score (nSPS) is 17.5. The highest BCUT2D eigenvalue weighted by molar-refractivity contribution is 5.89. The molecule has 0 saturated carbocycles. The van der Waals surface area contributed by atoms with E-state index in [1.165, 1.54) is 19.1 Å². The molecule has 0 spiro atoms. The quantitative estimate of drug-likeness (QED) is 0.298. The second-order valence-corrected chi connectivity index (χ2v) is 12.2. The Morgan fingerprint density at radius 3 is 2.37 bits per heavy atom. The molecular formula is C35H40N2O9. The lowest BCUT2D eigenvalue weighted by molar-refractivity contribution is -0.144. The van der Waals surface area contributed by atoms with Gasteiger partial charge in [-0.05, 0) is 67.3 Å². The molecule has 1 N–H and O–H groups in total. The molecule has 2 aliphatic heterocycles. The van der Waals surface area contributed by atoms with Crippen LogP contribution >= 0.6 is 0 Å². The highest BCUT2D eigenvalue weighted by Gasteiger charge is 2.42. The average molecular weight is 633 g/mol. The van der Waals surface area contributed by atoms with Crippen molar-refractivity contribution in [1.82, 2.24) is 10.2 Å². The molecule has 3 aromatic carbocycles. The number of amides is 2. The van der Waals surface area contributed by atoms with Crippen molar-refractivity contribution in [3.05, 3.63) is 82.9 Å². The van der Waals surface area contributed by atoms with Gasteiger partial charge in [-0.3, -0.25) is 4.79 Å². The minimum absolute atomic E-state index is 0.0837. The molecule has 0 fully saturated rings. The fraction of sp³-hybridized carbons (Fsp3) is 0.400. The molecule has 2 aliphatic rings. The Labute approximate surface area is 268 Å². The van der Waals surface area contributed by atoms with Gasteiger partial charge < -0.3 is 43.4 Å². The maximum Gasteiger partial charge on any atom is 0.408 e. The lowest BCUT2D eigenvalue weighted by atomic mass is 9.87. The third-order valence-corrected chi connectivity index (χ3v) is 7.79. The standard InChI is InChI=1S/C35H40N2O9/c1-35(2,3)46-34(40)36-27(13-23-11-12-29(41-4)30(14-23)42-5)33(39)37-25(18-38)15-24-16-31-32(45-21-44-31)17-26(24)28(37)20-43-19-22-9-7-6-8-10-22/h6-12,14,16-18,25,27-28H,13,15,19-21H2,1-5H3,(H,36,40). The van der Waals surface area contributed by atoms with Gasteiger partial charge in [-0.2, -0.15) is 0 Å². The molecular weight excluding hydrogens is 592 g/mol. The Kier molecular flexibility index (Phi) is 10.0. The molecule has 3 aromatic rings. The number of carbonyl (C=O) groups excluding carboxylic acids is 3. The van der Waals surface area contributed by atoms with Crippen LogP contribution in [-0.2, 0) is 38.5 Å². The molecule has 0 aromatic heterocycles. The molecule has 244 valence electrons. The molecule has 0 saturated heterocycles. The van der Waals surface area contributed by atoms with Gasteiger partial charge >= 0.3 is 6.09 Å². The van der Waals surface area contributed by atoms with Gasteiger partial charge in [-0.25, -0.2) is 4.79 Å². The summed E-state index contributed by atoms with van der Waals surface area (Å²) in [5.74, 6) is 1.68. The summed E-state index contributed by atoms with van der Waals surface area (Å²) in [6.07, 6.45) is 0.348. The number of nitrogens with one attached hydrogen (secondary N) is 1. The fourth-order valence-electron chi connectivity index (χ4n) is 5.73. The fourth-order valence-corrected chi connectivity index (χ4v) is 5.73. The van der Waals surface area contributed by atoms with Gasteiger partial charge in [0, 0.05) is 12.8 Å². The van der Waals surface area contributed by atoms with E-state index in [4.69, 9.17) is 28.4 Å². The van der Waals surface area contributed by atoms with Gasteiger partial charge in [0.15, 0.2) is 23.0 Å². The summed E-state index contributed by atoms with van der Waals surface area (Å²) in [7, 11) is 3.06. The second-order valence-electron chi connectivity index (χ2n) is 12.2. The lowest BCUT2D eigenvalue weighted by Gasteiger charge is -2.42. The predicted octanol–water partition coefficient (Wildman–Crippen LogP) is 4.78. The highest BCUT2D eigenvalue weighted by atomic mass is 16.7. The Hall–Kier alpha value is -4.77. The van der Waals surface area contributed by atoms with E-state index in [1.54, 1.807) is 39.0 Å². The smallest absolute Gasteiger partial charge is 0.408 e. The number of nitrogens with zero attached hydrogens (tertiary/aromatic N) is 1. The monoisotopic (exact) mass is 632 g/mol. The van der Waals surface area contributed by atoms with Crippen LogP contribution in [-0.4, -0.2) is 68.5 Å². The van der Waals surface area contributed by atoms with Crippen LogP contribution in [0.15, 0.2) is 60.7 Å². The number of methoxy groups -OCH3 is 2. The molecule has 0 aliphatic carbocycles. The zero-order chi connectivity index (χ0) is 32.8. The minimum Gasteiger partial charge on any atom is -0.493 e. The summed E-state index contributed by atoms with van der Waals surface area (Å²) < 4.78 is 33.8. The van der Waals surface area contributed by atoms with Crippen LogP contribution in [0.4, 0.5) is 4.79 Å². The van der Waals surface area contributed by atoms with Crippen molar-refractivity contribution in [2.24, 2.45) is 0 Å². The zero-order valence-electron chi connectivity index (χ0n) is 26.7. The molecule has 3 unspecified atom stereocenters. The first-order valence-corrected chi connectivity index (χ1v) is 15.1.